The lowest BCUT2D eigenvalue weighted by molar-refractivity contribution is -0.0440. The zero-order valence-corrected chi connectivity index (χ0v) is 19.0. The van der Waals surface area contributed by atoms with Crippen LogP contribution in [0.4, 0.5) is 5.69 Å². The number of carbonyl (C=O) groups excluding carboxylic acids is 1. The number of hydrogen-bond acceptors (Lipinski definition) is 6. The highest BCUT2D eigenvalue weighted by Crippen LogP contribution is 2.22. The monoisotopic (exact) mass is 468 g/mol. The summed E-state index contributed by atoms with van der Waals surface area (Å²) >= 11 is 0. The first kappa shape index (κ1) is 22.8. The van der Waals surface area contributed by atoms with Crippen LogP contribution >= 0.6 is 0 Å². The number of amides is 1. The van der Waals surface area contributed by atoms with Crippen LogP contribution in [0.15, 0.2) is 76.6 Å². The lowest BCUT2D eigenvalue weighted by Crippen LogP contribution is -2.48. The summed E-state index contributed by atoms with van der Waals surface area (Å²) in [7, 11) is -3.69. The Kier molecular flexibility index (Phi) is 6.41. The van der Waals surface area contributed by atoms with E-state index in [9.17, 15) is 18.0 Å². The molecule has 0 radical (unpaired) electrons. The predicted octanol–water partition coefficient (Wildman–Crippen LogP) is 2.28. The predicted molar refractivity (Wildman–Crippen MR) is 123 cm³/mol. The van der Waals surface area contributed by atoms with E-state index in [1.165, 1.54) is 45.5 Å². The molecule has 0 bridgehead atoms. The van der Waals surface area contributed by atoms with Crippen LogP contribution in [-0.4, -0.2) is 53.7 Å². The second-order valence-electron chi connectivity index (χ2n) is 7.87. The summed E-state index contributed by atoms with van der Waals surface area (Å²) in [4.78, 5) is 25.0. The first-order valence-electron chi connectivity index (χ1n) is 10.5. The maximum absolute atomic E-state index is 13.0. The molecule has 1 aromatic heterocycles. The van der Waals surface area contributed by atoms with Crippen molar-refractivity contribution in [1.29, 1.82) is 0 Å². The Hall–Kier alpha value is -3.34. The van der Waals surface area contributed by atoms with Crippen LogP contribution in [0.1, 0.15) is 24.3 Å². The van der Waals surface area contributed by atoms with E-state index < -0.39 is 21.4 Å². The minimum atomic E-state index is -3.69. The van der Waals surface area contributed by atoms with Gasteiger partial charge in [0.2, 0.25) is 15.5 Å². The fourth-order valence-corrected chi connectivity index (χ4v) is 5.26. The van der Waals surface area contributed by atoms with Crippen molar-refractivity contribution in [1.82, 2.24) is 14.1 Å². The van der Waals surface area contributed by atoms with Crippen molar-refractivity contribution in [2.24, 2.45) is 0 Å². The lowest BCUT2D eigenvalue weighted by Gasteiger charge is -2.34. The number of carbonyl (C=O) groups is 1. The number of anilines is 1. The van der Waals surface area contributed by atoms with Gasteiger partial charge in [-0.2, -0.15) is 9.40 Å². The van der Waals surface area contributed by atoms with E-state index in [2.05, 4.69) is 10.4 Å². The molecule has 1 aliphatic heterocycles. The van der Waals surface area contributed by atoms with Gasteiger partial charge in [-0.25, -0.2) is 13.1 Å². The van der Waals surface area contributed by atoms with E-state index >= 15 is 0 Å². The number of rotatable bonds is 5. The SMILES string of the molecule is CC1CN(S(=O)(=O)c2ccc(NC(=O)c3nn(-c4ccccc4)ccc3=O)cc2)CC(C)O1. The van der Waals surface area contributed by atoms with E-state index in [0.29, 0.717) is 11.4 Å². The second-order valence-corrected chi connectivity index (χ2v) is 9.80. The Morgan fingerprint density at radius 2 is 1.64 bits per heavy atom. The fraction of sp³-hybridized carbons (Fsp3) is 0.261. The van der Waals surface area contributed by atoms with Gasteiger partial charge in [0.15, 0.2) is 5.69 Å². The molecule has 0 saturated carbocycles. The smallest absolute Gasteiger partial charge is 0.280 e. The highest BCUT2D eigenvalue weighted by atomic mass is 32.2. The average Bonchev–Trinajstić information content (AvgIpc) is 2.79. The number of hydrogen-bond donors (Lipinski definition) is 1. The zero-order chi connectivity index (χ0) is 23.6. The summed E-state index contributed by atoms with van der Waals surface area (Å²) in [6, 6.07) is 16.2. The molecule has 33 heavy (non-hydrogen) atoms. The Bertz CT molecular complexity index is 1300. The third kappa shape index (κ3) is 5.03. The van der Waals surface area contributed by atoms with Gasteiger partial charge in [0.1, 0.15) is 0 Å². The topological polar surface area (TPSA) is 111 Å². The number of para-hydroxylation sites is 1. The minimum absolute atomic E-state index is 0.117. The molecule has 1 N–H and O–H groups in total. The van der Waals surface area contributed by atoms with Crippen LogP contribution in [0.2, 0.25) is 0 Å². The van der Waals surface area contributed by atoms with Gasteiger partial charge in [-0.15, -0.1) is 0 Å². The molecular formula is C23H24N4O5S. The van der Waals surface area contributed by atoms with Gasteiger partial charge in [-0.3, -0.25) is 9.59 Å². The molecule has 2 unspecified atom stereocenters. The number of morpholine rings is 1. The van der Waals surface area contributed by atoms with Gasteiger partial charge in [0.25, 0.3) is 5.91 Å². The number of nitrogens with zero attached hydrogens (tertiary/aromatic N) is 3. The van der Waals surface area contributed by atoms with Gasteiger partial charge in [-0.05, 0) is 50.2 Å². The largest absolute Gasteiger partial charge is 0.373 e. The standard InChI is InChI=1S/C23H24N4O5S/c1-16-14-26(15-17(2)32-16)33(30,31)20-10-8-18(9-11-20)24-23(29)22-21(28)12-13-27(25-22)19-6-4-3-5-7-19/h3-13,16-17H,14-15H2,1-2H3,(H,24,29). The van der Waals surface area contributed by atoms with Crippen molar-refractivity contribution in [2.75, 3.05) is 18.4 Å². The molecule has 1 saturated heterocycles. The Balaban J connectivity index is 1.52. The summed E-state index contributed by atoms with van der Waals surface area (Å²) in [5, 5.41) is 6.76. The molecule has 9 nitrogen and oxygen atoms in total. The molecule has 0 spiro atoms. The van der Waals surface area contributed by atoms with E-state index in [-0.39, 0.29) is 35.9 Å². The summed E-state index contributed by atoms with van der Waals surface area (Å²) in [5.41, 5.74) is 0.260. The van der Waals surface area contributed by atoms with E-state index in [0.717, 1.165) is 0 Å². The summed E-state index contributed by atoms with van der Waals surface area (Å²) in [5.74, 6) is -0.684. The quantitative estimate of drug-likeness (QED) is 0.615. The number of nitrogens with one attached hydrogen (secondary N) is 1. The number of sulfonamides is 1. The highest BCUT2D eigenvalue weighted by molar-refractivity contribution is 7.89. The van der Waals surface area contributed by atoms with Crippen molar-refractivity contribution in [3.63, 3.8) is 0 Å². The second kappa shape index (κ2) is 9.26. The average molecular weight is 469 g/mol. The third-order valence-corrected chi connectivity index (χ3v) is 7.03. The Morgan fingerprint density at radius 1 is 1.00 bits per heavy atom. The maximum atomic E-state index is 13.0. The Morgan fingerprint density at radius 3 is 2.27 bits per heavy atom. The van der Waals surface area contributed by atoms with Crippen LogP contribution in [-0.2, 0) is 14.8 Å². The van der Waals surface area contributed by atoms with Crippen molar-refractivity contribution in [2.45, 2.75) is 31.0 Å². The number of ether oxygens (including phenoxy) is 1. The van der Waals surface area contributed by atoms with Crippen LogP contribution in [0, 0.1) is 0 Å². The molecule has 3 aromatic rings. The molecule has 2 atom stereocenters. The van der Waals surface area contributed by atoms with Crippen LogP contribution in [0.25, 0.3) is 5.69 Å². The molecule has 1 fully saturated rings. The van der Waals surface area contributed by atoms with Gasteiger partial charge in [-0.1, -0.05) is 18.2 Å². The molecule has 172 valence electrons. The van der Waals surface area contributed by atoms with Crippen molar-refractivity contribution in [3.05, 3.63) is 82.8 Å². The van der Waals surface area contributed by atoms with E-state index in [1.54, 1.807) is 12.1 Å². The molecule has 1 amide bonds. The van der Waals surface area contributed by atoms with Crippen molar-refractivity contribution < 1.29 is 17.9 Å². The molecule has 2 heterocycles. The van der Waals surface area contributed by atoms with E-state index in [1.807, 2.05) is 32.0 Å². The van der Waals surface area contributed by atoms with Crippen LogP contribution < -0.4 is 10.7 Å². The van der Waals surface area contributed by atoms with Crippen molar-refractivity contribution >= 4 is 21.6 Å². The van der Waals surface area contributed by atoms with Crippen LogP contribution in [0.3, 0.4) is 0 Å². The fourth-order valence-electron chi connectivity index (χ4n) is 3.67. The summed E-state index contributed by atoms with van der Waals surface area (Å²) in [6.07, 6.45) is 1.10. The van der Waals surface area contributed by atoms with Crippen LogP contribution in [0.5, 0.6) is 0 Å². The zero-order valence-electron chi connectivity index (χ0n) is 18.2. The third-order valence-electron chi connectivity index (χ3n) is 5.18. The van der Waals surface area contributed by atoms with Gasteiger partial charge < -0.3 is 10.1 Å². The molecule has 2 aromatic carbocycles. The molecule has 10 heteroatoms. The molecule has 1 aliphatic rings. The maximum Gasteiger partial charge on any atom is 0.280 e. The number of benzene rings is 2. The van der Waals surface area contributed by atoms with E-state index in [4.69, 9.17) is 4.74 Å². The molecule has 0 aliphatic carbocycles. The molecule has 4 rings (SSSR count). The first-order valence-corrected chi connectivity index (χ1v) is 11.9. The van der Waals surface area contributed by atoms with Gasteiger partial charge in [0, 0.05) is 31.0 Å². The normalized spacial score (nSPS) is 19.2. The minimum Gasteiger partial charge on any atom is -0.373 e. The summed E-state index contributed by atoms with van der Waals surface area (Å²) in [6.45, 7) is 4.22. The van der Waals surface area contributed by atoms with Gasteiger partial charge >= 0.3 is 0 Å². The van der Waals surface area contributed by atoms with Crippen molar-refractivity contribution in [3.8, 4) is 5.69 Å². The summed E-state index contributed by atoms with van der Waals surface area (Å²) < 4.78 is 34.4. The first-order chi connectivity index (χ1) is 15.7. The lowest BCUT2D eigenvalue weighted by atomic mass is 10.3. The number of aromatic nitrogens is 2. The highest BCUT2D eigenvalue weighted by Gasteiger charge is 2.32. The Labute approximate surface area is 191 Å². The molecular weight excluding hydrogens is 444 g/mol. The van der Waals surface area contributed by atoms with Gasteiger partial charge in [0.05, 0.1) is 22.8 Å².